The van der Waals surface area contributed by atoms with Gasteiger partial charge < -0.3 is 11.1 Å². The fourth-order valence-corrected chi connectivity index (χ4v) is 2.18. The predicted octanol–water partition coefficient (Wildman–Crippen LogP) is 2.81. The first-order chi connectivity index (χ1) is 8.93. The van der Waals surface area contributed by atoms with E-state index in [9.17, 15) is 14.9 Å². The van der Waals surface area contributed by atoms with E-state index in [1.165, 1.54) is 18.2 Å². The summed E-state index contributed by atoms with van der Waals surface area (Å²) in [6, 6.07) is 4.17. The van der Waals surface area contributed by atoms with Crippen LogP contribution in [0.4, 0.5) is 11.4 Å². The standard InChI is InChI=1S/C12H16BrN3O3/c1-2-3-8(14)6-12(17)15-9-4-5-11(16(18)19)10(13)7-9/h4-5,7-8H,2-3,6,14H2,1H3,(H,15,17). The average Bonchev–Trinajstić information content (AvgIpc) is 2.28. The van der Waals surface area contributed by atoms with Crippen LogP contribution in [0.5, 0.6) is 0 Å². The van der Waals surface area contributed by atoms with E-state index < -0.39 is 4.92 Å². The van der Waals surface area contributed by atoms with Crippen LogP contribution in [0.1, 0.15) is 26.2 Å². The first-order valence-electron chi connectivity index (χ1n) is 5.93. The molecule has 19 heavy (non-hydrogen) atoms. The summed E-state index contributed by atoms with van der Waals surface area (Å²) in [5.41, 5.74) is 6.24. The smallest absolute Gasteiger partial charge is 0.283 e. The van der Waals surface area contributed by atoms with E-state index in [-0.39, 0.29) is 24.1 Å². The van der Waals surface area contributed by atoms with Crippen LogP contribution in [0.3, 0.4) is 0 Å². The molecule has 0 bridgehead atoms. The van der Waals surface area contributed by atoms with Crippen molar-refractivity contribution in [2.75, 3.05) is 5.32 Å². The minimum Gasteiger partial charge on any atom is -0.327 e. The third-order valence-corrected chi connectivity index (χ3v) is 3.17. The van der Waals surface area contributed by atoms with Gasteiger partial charge in [-0.15, -0.1) is 0 Å². The molecule has 0 aromatic heterocycles. The Morgan fingerprint density at radius 2 is 2.26 bits per heavy atom. The van der Waals surface area contributed by atoms with Gasteiger partial charge in [0.05, 0.1) is 9.40 Å². The number of nitrogens with one attached hydrogen (secondary N) is 1. The Labute approximate surface area is 119 Å². The third-order valence-electron chi connectivity index (χ3n) is 2.54. The molecule has 6 nitrogen and oxygen atoms in total. The van der Waals surface area contributed by atoms with Gasteiger partial charge in [0.2, 0.25) is 5.91 Å². The van der Waals surface area contributed by atoms with Gasteiger partial charge in [-0.05, 0) is 34.5 Å². The van der Waals surface area contributed by atoms with Gasteiger partial charge in [-0.25, -0.2) is 0 Å². The van der Waals surface area contributed by atoms with Crippen LogP contribution in [0.2, 0.25) is 0 Å². The van der Waals surface area contributed by atoms with Crippen molar-refractivity contribution in [3.05, 3.63) is 32.8 Å². The maximum Gasteiger partial charge on any atom is 0.283 e. The van der Waals surface area contributed by atoms with Crippen molar-refractivity contribution in [3.63, 3.8) is 0 Å². The first kappa shape index (κ1) is 15.6. The van der Waals surface area contributed by atoms with Crippen molar-refractivity contribution in [1.82, 2.24) is 0 Å². The van der Waals surface area contributed by atoms with Gasteiger partial charge in [-0.2, -0.15) is 0 Å². The summed E-state index contributed by atoms with van der Waals surface area (Å²) < 4.78 is 0.327. The average molecular weight is 330 g/mol. The minimum absolute atomic E-state index is 0.0410. The lowest BCUT2D eigenvalue weighted by Gasteiger charge is -2.10. The molecule has 1 atom stereocenters. The largest absolute Gasteiger partial charge is 0.327 e. The summed E-state index contributed by atoms with van der Waals surface area (Å²) in [6.07, 6.45) is 1.96. The predicted molar refractivity (Wildman–Crippen MR) is 76.9 cm³/mol. The minimum atomic E-state index is -0.493. The first-order valence-corrected chi connectivity index (χ1v) is 6.72. The molecule has 0 saturated carbocycles. The highest BCUT2D eigenvalue weighted by Gasteiger charge is 2.13. The lowest BCUT2D eigenvalue weighted by Crippen LogP contribution is -2.26. The number of nitro benzene ring substituents is 1. The maximum absolute atomic E-state index is 11.7. The molecule has 0 saturated heterocycles. The van der Waals surface area contributed by atoms with E-state index in [0.717, 1.165) is 12.8 Å². The molecule has 0 heterocycles. The highest BCUT2D eigenvalue weighted by Crippen LogP contribution is 2.27. The lowest BCUT2D eigenvalue weighted by atomic mass is 10.1. The summed E-state index contributed by atoms with van der Waals surface area (Å²) in [4.78, 5) is 21.8. The fourth-order valence-electron chi connectivity index (χ4n) is 1.66. The monoisotopic (exact) mass is 329 g/mol. The van der Waals surface area contributed by atoms with Gasteiger partial charge in [0.1, 0.15) is 0 Å². The van der Waals surface area contributed by atoms with Crippen LogP contribution < -0.4 is 11.1 Å². The number of hydrogen-bond acceptors (Lipinski definition) is 4. The van der Waals surface area contributed by atoms with E-state index in [2.05, 4.69) is 21.2 Å². The maximum atomic E-state index is 11.7. The number of nitro groups is 1. The molecule has 0 spiro atoms. The summed E-state index contributed by atoms with van der Waals surface area (Å²) >= 11 is 3.10. The van der Waals surface area contributed by atoms with E-state index in [0.29, 0.717) is 10.2 Å². The number of halogens is 1. The zero-order chi connectivity index (χ0) is 14.4. The Hall–Kier alpha value is -1.47. The normalized spacial score (nSPS) is 11.9. The van der Waals surface area contributed by atoms with Crippen LogP contribution in [-0.2, 0) is 4.79 Å². The summed E-state index contributed by atoms with van der Waals surface area (Å²) in [7, 11) is 0. The highest BCUT2D eigenvalue weighted by atomic mass is 79.9. The second kappa shape index (κ2) is 7.20. The molecule has 0 radical (unpaired) electrons. The Kier molecular flexibility index (Phi) is 5.91. The SMILES string of the molecule is CCCC(N)CC(=O)Nc1ccc([N+](=O)[O-])c(Br)c1. The zero-order valence-electron chi connectivity index (χ0n) is 10.6. The topological polar surface area (TPSA) is 98.3 Å². The van der Waals surface area contributed by atoms with Crippen LogP contribution in [0.25, 0.3) is 0 Å². The van der Waals surface area contributed by atoms with E-state index in [1.807, 2.05) is 6.92 Å². The van der Waals surface area contributed by atoms with Crippen molar-refractivity contribution in [3.8, 4) is 0 Å². The number of carbonyl (C=O) groups is 1. The van der Waals surface area contributed by atoms with Crippen molar-refractivity contribution in [2.45, 2.75) is 32.2 Å². The van der Waals surface area contributed by atoms with Gasteiger partial charge in [0, 0.05) is 24.2 Å². The molecule has 0 aliphatic carbocycles. The molecule has 1 rings (SSSR count). The number of anilines is 1. The quantitative estimate of drug-likeness (QED) is 0.619. The fraction of sp³-hybridized carbons (Fsp3) is 0.417. The van der Waals surface area contributed by atoms with Gasteiger partial charge in [-0.1, -0.05) is 13.3 Å². The molecular weight excluding hydrogens is 314 g/mol. The molecule has 3 N–H and O–H groups in total. The van der Waals surface area contributed by atoms with Gasteiger partial charge in [0.25, 0.3) is 5.69 Å². The summed E-state index contributed by atoms with van der Waals surface area (Å²) in [6.45, 7) is 2.01. The van der Waals surface area contributed by atoms with E-state index >= 15 is 0 Å². The molecule has 0 aliphatic rings. The molecule has 1 aromatic carbocycles. The number of nitrogens with zero attached hydrogens (tertiary/aromatic N) is 1. The molecule has 0 aliphatic heterocycles. The zero-order valence-corrected chi connectivity index (χ0v) is 12.1. The molecular formula is C12H16BrN3O3. The van der Waals surface area contributed by atoms with Crippen LogP contribution >= 0.6 is 15.9 Å². The van der Waals surface area contributed by atoms with Gasteiger partial charge in [-0.3, -0.25) is 14.9 Å². The summed E-state index contributed by atoms with van der Waals surface area (Å²) in [5, 5.41) is 13.3. The Balaban J connectivity index is 2.65. The Morgan fingerprint density at radius 3 is 2.79 bits per heavy atom. The Morgan fingerprint density at radius 1 is 1.58 bits per heavy atom. The molecule has 7 heteroatoms. The second-order valence-electron chi connectivity index (χ2n) is 4.22. The van der Waals surface area contributed by atoms with E-state index in [1.54, 1.807) is 0 Å². The highest BCUT2D eigenvalue weighted by molar-refractivity contribution is 9.10. The lowest BCUT2D eigenvalue weighted by molar-refractivity contribution is -0.385. The third kappa shape index (κ3) is 4.96. The molecule has 0 fully saturated rings. The van der Waals surface area contributed by atoms with Crippen molar-refractivity contribution in [2.24, 2.45) is 5.73 Å². The number of nitrogens with two attached hydrogens (primary N) is 1. The van der Waals surface area contributed by atoms with Gasteiger partial charge >= 0.3 is 0 Å². The van der Waals surface area contributed by atoms with Crippen LogP contribution in [0.15, 0.2) is 22.7 Å². The van der Waals surface area contributed by atoms with Crippen LogP contribution in [0, 0.1) is 10.1 Å². The second-order valence-corrected chi connectivity index (χ2v) is 5.08. The number of amides is 1. The molecule has 1 aromatic rings. The number of benzene rings is 1. The van der Waals surface area contributed by atoms with Gasteiger partial charge in [0.15, 0.2) is 0 Å². The molecule has 1 amide bonds. The number of rotatable bonds is 6. The van der Waals surface area contributed by atoms with Crippen molar-refractivity contribution < 1.29 is 9.72 Å². The number of carbonyl (C=O) groups excluding carboxylic acids is 1. The van der Waals surface area contributed by atoms with E-state index in [4.69, 9.17) is 5.73 Å². The van der Waals surface area contributed by atoms with Crippen LogP contribution in [-0.4, -0.2) is 16.9 Å². The van der Waals surface area contributed by atoms with Crippen molar-refractivity contribution in [1.29, 1.82) is 0 Å². The number of hydrogen-bond donors (Lipinski definition) is 2. The van der Waals surface area contributed by atoms with Crippen molar-refractivity contribution >= 4 is 33.2 Å². The Bertz CT molecular complexity index is 479. The summed E-state index contributed by atoms with van der Waals surface area (Å²) in [5.74, 6) is -0.193. The molecule has 104 valence electrons. The molecule has 1 unspecified atom stereocenters.